The molecule has 138 valence electrons. The van der Waals surface area contributed by atoms with E-state index in [1.165, 1.54) is 5.56 Å². The second-order valence-electron chi connectivity index (χ2n) is 6.53. The van der Waals surface area contributed by atoms with Crippen LogP contribution in [-0.4, -0.2) is 19.9 Å². The molecule has 0 bridgehead atoms. The molecule has 0 aliphatic heterocycles. The summed E-state index contributed by atoms with van der Waals surface area (Å²) in [4.78, 5) is 16.9. The van der Waals surface area contributed by atoms with E-state index in [0.29, 0.717) is 11.7 Å². The lowest BCUT2D eigenvalue weighted by atomic mass is 9.90. The first-order valence-electron chi connectivity index (χ1n) is 8.84. The second kappa shape index (κ2) is 7.34. The minimum Gasteiger partial charge on any atom is -0.471 e. The summed E-state index contributed by atoms with van der Waals surface area (Å²) >= 11 is 0. The molecule has 0 N–H and O–H groups in total. The van der Waals surface area contributed by atoms with Gasteiger partial charge >= 0.3 is 0 Å². The van der Waals surface area contributed by atoms with E-state index in [1.54, 1.807) is 12.4 Å². The Hall–Kier alpha value is -2.96. The van der Waals surface area contributed by atoms with Crippen molar-refractivity contribution in [2.24, 2.45) is 0 Å². The minimum atomic E-state index is -0.736. The molecule has 0 radical (unpaired) electrons. The van der Waals surface area contributed by atoms with Gasteiger partial charge in [0.2, 0.25) is 5.88 Å². The van der Waals surface area contributed by atoms with Crippen LogP contribution in [0.15, 0.2) is 30.7 Å². The van der Waals surface area contributed by atoms with Crippen LogP contribution in [0.5, 0.6) is 5.88 Å². The number of aromatic nitrogens is 4. The molecule has 0 aromatic carbocycles. The molecule has 1 aliphatic rings. The predicted molar refractivity (Wildman–Crippen MR) is 95.1 cm³/mol. The molecular weight excluding hydrogens is 350 g/mol. The largest absolute Gasteiger partial charge is 0.471 e. The van der Waals surface area contributed by atoms with Crippen molar-refractivity contribution in [2.45, 2.75) is 39.2 Å². The van der Waals surface area contributed by atoms with E-state index in [2.05, 4.69) is 19.9 Å². The molecule has 7 heteroatoms. The SMILES string of the molecule is Cc1ncc(-c2cc(OCc3ncc(F)cc3F)nc3c2CCCC3)cn1. The Morgan fingerprint density at radius 2 is 1.78 bits per heavy atom. The zero-order valence-electron chi connectivity index (χ0n) is 14.9. The molecule has 0 atom stereocenters. The van der Waals surface area contributed by atoms with E-state index < -0.39 is 11.6 Å². The second-order valence-corrected chi connectivity index (χ2v) is 6.53. The van der Waals surface area contributed by atoms with Gasteiger partial charge in [0.05, 0.1) is 6.20 Å². The molecule has 0 unspecified atom stereocenters. The fourth-order valence-electron chi connectivity index (χ4n) is 3.23. The summed E-state index contributed by atoms with van der Waals surface area (Å²) in [6, 6.07) is 2.63. The highest BCUT2D eigenvalue weighted by atomic mass is 19.1. The Bertz CT molecular complexity index is 976. The summed E-state index contributed by atoms with van der Waals surface area (Å²) in [6.45, 7) is 1.71. The Labute approximate surface area is 155 Å². The van der Waals surface area contributed by atoms with E-state index in [4.69, 9.17) is 4.74 Å². The fourth-order valence-corrected chi connectivity index (χ4v) is 3.23. The van der Waals surface area contributed by atoms with Crippen LogP contribution in [-0.2, 0) is 19.4 Å². The lowest BCUT2D eigenvalue weighted by Gasteiger charge is -2.20. The predicted octanol–water partition coefficient (Wildman–Crippen LogP) is 3.98. The number of ether oxygens (including phenoxy) is 1. The summed E-state index contributed by atoms with van der Waals surface area (Å²) in [5, 5.41) is 0. The summed E-state index contributed by atoms with van der Waals surface area (Å²) in [5.74, 6) is -0.363. The first-order valence-corrected chi connectivity index (χ1v) is 8.84. The van der Waals surface area contributed by atoms with Crippen molar-refractivity contribution in [2.75, 3.05) is 0 Å². The highest BCUT2D eigenvalue weighted by Gasteiger charge is 2.19. The van der Waals surface area contributed by atoms with Crippen molar-refractivity contribution < 1.29 is 13.5 Å². The summed E-state index contributed by atoms with van der Waals surface area (Å²) in [6.07, 6.45) is 8.54. The van der Waals surface area contributed by atoms with Gasteiger partial charge in [0.1, 0.15) is 23.9 Å². The maximum atomic E-state index is 13.8. The van der Waals surface area contributed by atoms with Gasteiger partial charge in [0.15, 0.2) is 5.82 Å². The van der Waals surface area contributed by atoms with Gasteiger partial charge < -0.3 is 4.74 Å². The van der Waals surface area contributed by atoms with E-state index in [9.17, 15) is 8.78 Å². The number of rotatable bonds is 4. The zero-order valence-corrected chi connectivity index (χ0v) is 14.9. The third kappa shape index (κ3) is 3.77. The van der Waals surface area contributed by atoms with Crippen molar-refractivity contribution in [3.63, 3.8) is 0 Å². The molecule has 3 aromatic heterocycles. The normalized spacial score (nSPS) is 13.3. The van der Waals surface area contributed by atoms with Gasteiger partial charge in [0.25, 0.3) is 0 Å². The number of hydrogen-bond donors (Lipinski definition) is 0. The van der Waals surface area contributed by atoms with Crippen molar-refractivity contribution >= 4 is 0 Å². The average molecular weight is 368 g/mol. The monoisotopic (exact) mass is 368 g/mol. The molecule has 5 nitrogen and oxygen atoms in total. The van der Waals surface area contributed by atoms with Crippen LogP contribution in [0.1, 0.15) is 35.6 Å². The zero-order chi connectivity index (χ0) is 18.8. The van der Waals surface area contributed by atoms with Gasteiger partial charge in [-0.2, -0.15) is 0 Å². The smallest absolute Gasteiger partial charge is 0.214 e. The number of hydrogen-bond acceptors (Lipinski definition) is 5. The van der Waals surface area contributed by atoms with Crippen molar-refractivity contribution in [1.29, 1.82) is 0 Å². The van der Waals surface area contributed by atoms with Crippen LogP contribution in [0.25, 0.3) is 11.1 Å². The molecule has 0 spiro atoms. The topological polar surface area (TPSA) is 60.8 Å². The van der Waals surface area contributed by atoms with E-state index in [1.807, 2.05) is 13.0 Å². The van der Waals surface area contributed by atoms with Crippen LogP contribution in [0.3, 0.4) is 0 Å². The van der Waals surface area contributed by atoms with Gasteiger partial charge in [-0.3, -0.25) is 4.98 Å². The van der Waals surface area contributed by atoms with E-state index in [-0.39, 0.29) is 12.3 Å². The first kappa shape index (κ1) is 17.5. The standard InChI is InChI=1S/C20H18F2N4O/c1-12-23-8-13(9-24-12)16-7-20(26-18-5-3-2-4-15(16)18)27-11-19-17(22)6-14(21)10-25-19/h6-10H,2-5,11H2,1H3. The molecule has 3 aromatic rings. The first-order chi connectivity index (χ1) is 13.1. The molecule has 0 saturated carbocycles. The number of halogens is 2. The van der Waals surface area contributed by atoms with Gasteiger partial charge in [-0.05, 0) is 43.7 Å². The number of nitrogens with zero attached hydrogens (tertiary/aromatic N) is 4. The maximum absolute atomic E-state index is 13.8. The summed E-state index contributed by atoms with van der Waals surface area (Å²) < 4.78 is 32.5. The summed E-state index contributed by atoms with van der Waals surface area (Å²) in [7, 11) is 0. The molecular formula is C20H18F2N4O. The van der Waals surface area contributed by atoms with Gasteiger partial charge in [-0.1, -0.05) is 0 Å². The Morgan fingerprint density at radius 3 is 2.56 bits per heavy atom. The van der Waals surface area contributed by atoms with Gasteiger partial charge in [0, 0.05) is 35.8 Å². The third-order valence-electron chi connectivity index (χ3n) is 4.61. The average Bonchev–Trinajstić information content (AvgIpc) is 2.67. The van der Waals surface area contributed by atoms with E-state index >= 15 is 0 Å². The van der Waals surface area contributed by atoms with Crippen LogP contribution in [0, 0.1) is 18.6 Å². The third-order valence-corrected chi connectivity index (χ3v) is 4.61. The van der Waals surface area contributed by atoms with Crippen molar-refractivity contribution in [3.8, 4) is 17.0 Å². The number of pyridine rings is 2. The van der Waals surface area contributed by atoms with Crippen LogP contribution in [0.4, 0.5) is 8.78 Å². The molecule has 1 aliphatic carbocycles. The van der Waals surface area contributed by atoms with Crippen molar-refractivity contribution in [1.82, 2.24) is 19.9 Å². The molecule has 0 amide bonds. The van der Waals surface area contributed by atoms with Crippen LogP contribution >= 0.6 is 0 Å². The molecule has 27 heavy (non-hydrogen) atoms. The van der Waals surface area contributed by atoms with Crippen molar-refractivity contribution in [3.05, 3.63) is 65.1 Å². The van der Waals surface area contributed by atoms with Gasteiger partial charge in [-0.25, -0.2) is 23.7 Å². The Balaban J connectivity index is 1.67. The number of aryl methyl sites for hydroxylation is 2. The van der Waals surface area contributed by atoms with Gasteiger partial charge in [-0.15, -0.1) is 0 Å². The summed E-state index contributed by atoms with van der Waals surface area (Å²) in [5.41, 5.74) is 4.10. The molecule has 4 rings (SSSR count). The Morgan fingerprint density at radius 1 is 1.00 bits per heavy atom. The molecule has 3 heterocycles. The maximum Gasteiger partial charge on any atom is 0.214 e. The lowest BCUT2D eigenvalue weighted by Crippen LogP contribution is -2.10. The quantitative estimate of drug-likeness (QED) is 0.697. The highest BCUT2D eigenvalue weighted by Crippen LogP contribution is 2.33. The fraction of sp³-hybridized carbons (Fsp3) is 0.300. The highest BCUT2D eigenvalue weighted by molar-refractivity contribution is 5.68. The molecule has 0 saturated heterocycles. The van der Waals surface area contributed by atoms with Crippen LogP contribution < -0.4 is 4.74 Å². The lowest BCUT2D eigenvalue weighted by molar-refractivity contribution is 0.281. The minimum absolute atomic E-state index is 0.0381. The number of fused-ring (bicyclic) bond motifs is 1. The Kier molecular flexibility index (Phi) is 4.75. The van der Waals surface area contributed by atoms with Crippen LogP contribution in [0.2, 0.25) is 0 Å². The molecule has 0 fully saturated rings. The van der Waals surface area contributed by atoms with E-state index in [0.717, 1.165) is 54.8 Å².